The average Bonchev–Trinajstić information content (AvgIpc) is 2.94. The van der Waals surface area contributed by atoms with Crippen LogP contribution in [0.5, 0.6) is 0 Å². The molecule has 2 aromatic carbocycles. The summed E-state index contributed by atoms with van der Waals surface area (Å²) in [4.78, 5) is 12.3. The average molecular weight is 411 g/mol. The standard InChI is InChI=1S/C20H19BrN4O/c1-14-10-15(2)25(24-14)13-17-4-3-5-18(11-17)20(26)23-22-12-16-6-8-19(21)9-7-16/h3-12H,13H2,1-2H3,(H,23,26)/b22-12-. The van der Waals surface area contributed by atoms with E-state index in [2.05, 4.69) is 31.6 Å². The second kappa shape index (κ2) is 8.10. The molecule has 0 aliphatic heterocycles. The van der Waals surface area contributed by atoms with E-state index in [0.717, 1.165) is 27.0 Å². The Morgan fingerprint density at radius 1 is 1.19 bits per heavy atom. The fourth-order valence-corrected chi connectivity index (χ4v) is 2.86. The van der Waals surface area contributed by atoms with Gasteiger partial charge in [0.15, 0.2) is 0 Å². The number of hydrazone groups is 1. The van der Waals surface area contributed by atoms with Crippen molar-refractivity contribution >= 4 is 28.1 Å². The summed E-state index contributed by atoms with van der Waals surface area (Å²) < 4.78 is 2.93. The van der Waals surface area contributed by atoms with Crippen molar-refractivity contribution < 1.29 is 4.79 Å². The molecule has 1 aromatic heterocycles. The number of nitrogens with one attached hydrogen (secondary N) is 1. The molecule has 0 spiro atoms. The number of rotatable bonds is 5. The van der Waals surface area contributed by atoms with Crippen LogP contribution in [-0.4, -0.2) is 21.9 Å². The number of halogens is 1. The predicted octanol–water partition coefficient (Wildman–Crippen LogP) is 4.07. The molecule has 0 atom stereocenters. The van der Waals surface area contributed by atoms with Gasteiger partial charge in [0.1, 0.15) is 0 Å². The lowest BCUT2D eigenvalue weighted by Crippen LogP contribution is -2.18. The Morgan fingerprint density at radius 2 is 1.96 bits per heavy atom. The second-order valence-corrected chi connectivity index (χ2v) is 6.95. The molecule has 0 saturated heterocycles. The van der Waals surface area contributed by atoms with Crippen LogP contribution in [0, 0.1) is 13.8 Å². The van der Waals surface area contributed by atoms with E-state index in [-0.39, 0.29) is 5.91 Å². The van der Waals surface area contributed by atoms with E-state index in [4.69, 9.17) is 0 Å². The first-order valence-electron chi connectivity index (χ1n) is 8.20. The third kappa shape index (κ3) is 4.67. The number of hydrogen-bond donors (Lipinski definition) is 1. The van der Waals surface area contributed by atoms with E-state index in [0.29, 0.717) is 12.1 Å². The van der Waals surface area contributed by atoms with Crippen LogP contribution >= 0.6 is 15.9 Å². The molecule has 0 bridgehead atoms. The number of carbonyl (C=O) groups excluding carboxylic acids is 1. The van der Waals surface area contributed by atoms with E-state index in [9.17, 15) is 4.79 Å². The van der Waals surface area contributed by atoms with Crippen LogP contribution in [0.3, 0.4) is 0 Å². The van der Waals surface area contributed by atoms with Crippen molar-refractivity contribution in [2.75, 3.05) is 0 Å². The molecule has 0 unspecified atom stereocenters. The summed E-state index contributed by atoms with van der Waals surface area (Å²) in [6.07, 6.45) is 1.62. The van der Waals surface area contributed by atoms with Crippen LogP contribution in [0.2, 0.25) is 0 Å². The summed E-state index contributed by atoms with van der Waals surface area (Å²) in [6.45, 7) is 4.62. The zero-order valence-corrected chi connectivity index (χ0v) is 16.2. The molecule has 3 aromatic rings. The first kappa shape index (κ1) is 18.1. The second-order valence-electron chi connectivity index (χ2n) is 6.04. The van der Waals surface area contributed by atoms with Gasteiger partial charge >= 0.3 is 0 Å². The van der Waals surface area contributed by atoms with E-state index < -0.39 is 0 Å². The summed E-state index contributed by atoms with van der Waals surface area (Å²) in [6, 6.07) is 17.2. The van der Waals surface area contributed by atoms with Gasteiger partial charge in [0, 0.05) is 15.7 Å². The van der Waals surface area contributed by atoms with E-state index in [1.165, 1.54) is 0 Å². The van der Waals surface area contributed by atoms with Gasteiger partial charge in [-0.05, 0) is 55.3 Å². The smallest absolute Gasteiger partial charge is 0.267 e. The van der Waals surface area contributed by atoms with Gasteiger partial charge in [-0.1, -0.05) is 40.2 Å². The van der Waals surface area contributed by atoms with Crippen LogP contribution in [0.4, 0.5) is 0 Å². The van der Waals surface area contributed by atoms with Crippen molar-refractivity contribution in [3.63, 3.8) is 0 Å². The minimum absolute atomic E-state index is 0.242. The molecule has 26 heavy (non-hydrogen) atoms. The number of benzene rings is 2. The Labute approximate surface area is 160 Å². The van der Waals surface area contributed by atoms with E-state index >= 15 is 0 Å². The van der Waals surface area contributed by atoms with E-state index in [1.54, 1.807) is 12.3 Å². The number of amides is 1. The maximum Gasteiger partial charge on any atom is 0.271 e. The summed E-state index contributed by atoms with van der Waals surface area (Å²) in [7, 11) is 0. The van der Waals surface area contributed by atoms with Gasteiger partial charge in [-0.3, -0.25) is 9.48 Å². The van der Waals surface area contributed by atoms with Crippen LogP contribution in [0.25, 0.3) is 0 Å². The molecule has 132 valence electrons. The summed E-state index contributed by atoms with van der Waals surface area (Å²) in [5.74, 6) is -0.242. The molecule has 0 saturated carbocycles. The van der Waals surface area contributed by atoms with E-state index in [1.807, 2.05) is 67.1 Å². The van der Waals surface area contributed by atoms with Gasteiger partial charge in [0.05, 0.1) is 18.5 Å². The monoisotopic (exact) mass is 410 g/mol. The highest BCUT2D eigenvalue weighted by molar-refractivity contribution is 9.10. The Kier molecular flexibility index (Phi) is 5.63. The Bertz CT molecular complexity index is 945. The quantitative estimate of drug-likeness (QED) is 0.508. The topological polar surface area (TPSA) is 59.3 Å². The molecule has 0 aliphatic rings. The highest BCUT2D eigenvalue weighted by Gasteiger charge is 2.07. The maximum atomic E-state index is 12.3. The zero-order valence-electron chi connectivity index (χ0n) is 14.6. The van der Waals surface area contributed by atoms with Gasteiger partial charge < -0.3 is 0 Å². The lowest BCUT2D eigenvalue weighted by atomic mass is 10.1. The number of carbonyl (C=O) groups is 1. The summed E-state index contributed by atoms with van der Waals surface area (Å²) in [5, 5.41) is 8.48. The van der Waals surface area contributed by atoms with Crippen molar-refractivity contribution in [2.24, 2.45) is 5.10 Å². The number of hydrogen-bond acceptors (Lipinski definition) is 3. The zero-order chi connectivity index (χ0) is 18.5. The van der Waals surface area contributed by atoms with Gasteiger partial charge in [0.2, 0.25) is 0 Å². The Balaban J connectivity index is 1.66. The van der Waals surface area contributed by atoms with Gasteiger partial charge in [0.25, 0.3) is 5.91 Å². The fraction of sp³-hybridized carbons (Fsp3) is 0.150. The Morgan fingerprint density at radius 3 is 2.65 bits per heavy atom. The molecule has 1 N–H and O–H groups in total. The highest BCUT2D eigenvalue weighted by atomic mass is 79.9. The van der Waals surface area contributed by atoms with Crippen LogP contribution in [-0.2, 0) is 6.54 Å². The van der Waals surface area contributed by atoms with Crippen molar-refractivity contribution in [2.45, 2.75) is 20.4 Å². The highest BCUT2D eigenvalue weighted by Crippen LogP contribution is 2.11. The molecule has 1 amide bonds. The minimum Gasteiger partial charge on any atom is -0.267 e. The third-order valence-corrected chi connectivity index (χ3v) is 4.40. The van der Waals surface area contributed by atoms with Crippen LogP contribution < -0.4 is 5.43 Å². The van der Waals surface area contributed by atoms with Gasteiger partial charge in [-0.15, -0.1) is 0 Å². The largest absolute Gasteiger partial charge is 0.271 e. The molecule has 0 radical (unpaired) electrons. The normalized spacial score (nSPS) is 11.0. The molecule has 1 heterocycles. The molecular weight excluding hydrogens is 392 g/mol. The predicted molar refractivity (Wildman–Crippen MR) is 106 cm³/mol. The Hall–Kier alpha value is -2.73. The number of aromatic nitrogens is 2. The molecule has 3 rings (SSSR count). The summed E-state index contributed by atoms with van der Waals surface area (Å²) in [5.41, 5.74) is 7.13. The van der Waals surface area contributed by atoms with Gasteiger partial charge in [-0.25, -0.2) is 5.43 Å². The maximum absolute atomic E-state index is 12.3. The molecular formula is C20H19BrN4O. The van der Waals surface area contributed by atoms with Crippen LogP contribution in [0.15, 0.2) is 64.2 Å². The number of aryl methyl sites for hydroxylation is 2. The third-order valence-electron chi connectivity index (χ3n) is 3.87. The molecule has 5 nitrogen and oxygen atoms in total. The van der Waals surface area contributed by atoms with Crippen molar-refractivity contribution in [1.29, 1.82) is 0 Å². The fourth-order valence-electron chi connectivity index (χ4n) is 2.60. The SMILES string of the molecule is Cc1cc(C)n(Cc2cccc(C(=O)N/N=C\c3ccc(Br)cc3)c2)n1. The molecule has 6 heteroatoms. The molecule has 0 fully saturated rings. The van der Waals surface area contributed by atoms with Crippen molar-refractivity contribution in [3.8, 4) is 0 Å². The molecule has 0 aliphatic carbocycles. The first-order valence-corrected chi connectivity index (χ1v) is 8.99. The van der Waals surface area contributed by atoms with Crippen molar-refractivity contribution in [1.82, 2.24) is 15.2 Å². The van der Waals surface area contributed by atoms with Crippen LogP contribution in [0.1, 0.15) is 32.9 Å². The first-order chi connectivity index (χ1) is 12.5. The number of nitrogens with zero attached hydrogens (tertiary/aromatic N) is 3. The lowest BCUT2D eigenvalue weighted by molar-refractivity contribution is 0.0955. The van der Waals surface area contributed by atoms with Crippen molar-refractivity contribution in [3.05, 3.63) is 87.1 Å². The minimum atomic E-state index is -0.242. The van der Waals surface area contributed by atoms with Gasteiger partial charge in [-0.2, -0.15) is 10.2 Å². The summed E-state index contributed by atoms with van der Waals surface area (Å²) >= 11 is 3.38. The lowest BCUT2D eigenvalue weighted by Gasteiger charge is -2.06.